The largest absolute Gasteiger partial charge is 0.350 e. The predicted molar refractivity (Wildman–Crippen MR) is 72.2 cm³/mol. The lowest BCUT2D eigenvalue weighted by Gasteiger charge is -2.26. The molecule has 0 bridgehead atoms. The smallest absolute Gasteiger partial charge is 0.234 e. The van der Waals surface area contributed by atoms with Gasteiger partial charge in [-0.15, -0.1) is 0 Å². The first-order valence-electron chi connectivity index (χ1n) is 6.49. The van der Waals surface area contributed by atoms with Crippen LogP contribution in [0.15, 0.2) is 0 Å². The number of sulfone groups is 1. The monoisotopic (exact) mass is 276 g/mol. The summed E-state index contributed by atoms with van der Waals surface area (Å²) in [5, 5.41) is 6.07. The standard InChI is InChI=1S/C12H24N2O3S/c1-4-12(2,3)14-11(15)9-13-10-5-7-18(16,17)8-6-10/h10,13H,4-9H2,1-3H3,(H,14,15). The summed E-state index contributed by atoms with van der Waals surface area (Å²) in [7, 11) is -2.83. The quantitative estimate of drug-likeness (QED) is 0.765. The molecule has 1 fully saturated rings. The Bertz CT molecular complexity index is 376. The highest BCUT2D eigenvalue weighted by Gasteiger charge is 2.24. The molecule has 0 aliphatic carbocycles. The molecule has 0 atom stereocenters. The van der Waals surface area contributed by atoms with Gasteiger partial charge >= 0.3 is 0 Å². The molecule has 6 heteroatoms. The van der Waals surface area contributed by atoms with Crippen LogP contribution in [0.25, 0.3) is 0 Å². The van der Waals surface area contributed by atoms with Crippen molar-refractivity contribution in [2.75, 3.05) is 18.1 Å². The molecule has 106 valence electrons. The fraction of sp³-hybridized carbons (Fsp3) is 0.917. The first-order chi connectivity index (χ1) is 8.24. The number of amides is 1. The Hall–Kier alpha value is -0.620. The van der Waals surface area contributed by atoms with Crippen molar-refractivity contribution < 1.29 is 13.2 Å². The van der Waals surface area contributed by atoms with E-state index in [0.29, 0.717) is 12.8 Å². The lowest BCUT2D eigenvalue weighted by atomic mass is 10.0. The second-order valence-corrected chi connectivity index (χ2v) is 7.90. The third-order valence-electron chi connectivity index (χ3n) is 3.47. The van der Waals surface area contributed by atoms with E-state index in [1.165, 1.54) is 0 Å². The maximum absolute atomic E-state index is 11.7. The second-order valence-electron chi connectivity index (χ2n) is 5.59. The van der Waals surface area contributed by atoms with Crippen LogP contribution in [-0.4, -0.2) is 44.0 Å². The third-order valence-corrected chi connectivity index (χ3v) is 5.18. The first-order valence-corrected chi connectivity index (χ1v) is 8.31. The summed E-state index contributed by atoms with van der Waals surface area (Å²) in [5.41, 5.74) is -0.186. The van der Waals surface area contributed by atoms with Gasteiger partial charge in [0.25, 0.3) is 0 Å². The van der Waals surface area contributed by atoms with Crippen molar-refractivity contribution in [1.29, 1.82) is 0 Å². The van der Waals surface area contributed by atoms with Crippen LogP contribution >= 0.6 is 0 Å². The number of hydrogen-bond donors (Lipinski definition) is 2. The zero-order valence-electron chi connectivity index (χ0n) is 11.5. The van der Waals surface area contributed by atoms with E-state index in [1.807, 2.05) is 20.8 Å². The van der Waals surface area contributed by atoms with E-state index in [2.05, 4.69) is 10.6 Å². The zero-order chi connectivity index (χ0) is 13.8. The number of carbonyl (C=O) groups is 1. The summed E-state index contributed by atoms with van der Waals surface area (Å²) >= 11 is 0. The van der Waals surface area contributed by atoms with E-state index < -0.39 is 9.84 Å². The molecule has 0 radical (unpaired) electrons. The van der Waals surface area contributed by atoms with Gasteiger partial charge in [0.05, 0.1) is 18.1 Å². The van der Waals surface area contributed by atoms with Crippen LogP contribution in [0.5, 0.6) is 0 Å². The van der Waals surface area contributed by atoms with Crippen molar-refractivity contribution in [3.05, 3.63) is 0 Å². The minimum atomic E-state index is -2.83. The maximum atomic E-state index is 11.7. The van der Waals surface area contributed by atoms with E-state index in [1.54, 1.807) is 0 Å². The fourth-order valence-corrected chi connectivity index (χ4v) is 3.33. The van der Waals surface area contributed by atoms with Gasteiger partial charge in [0.2, 0.25) is 5.91 Å². The summed E-state index contributed by atoms with van der Waals surface area (Å²) in [6.45, 7) is 6.25. The Morgan fingerprint density at radius 2 is 1.83 bits per heavy atom. The summed E-state index contributed by atoms with van der Waals surface area (Å²) in [4.78, 5) is 11.7. The van der Waals surface area contributed by atoms with Crippen molar-refractivity contribution in [2.24, 2.45) is 0 Å². The van der Waals surface area contributed by atoms with Crippen molar-refractivity contribution in [3.63, 3.8) is 0 Å². The molecule has 1 heterocycles. The summed E-state index contributed by atoms with van der Waals surface area (Å²) < 4.78 is 22.5. The predicted octanol–water partition coefficient (Wildman–Crippen LogP) is 0.458. The average molecular weight is 276 g/mol. The molecule has 0 aromatic carbocycles. The molecule has 0 unspecified atom stereocenters. The Labute approximate surface area is 110 Å². The lowest BCUT2D eigenvalue weighted by molar-refractivity contribution is -0.122. The molecule has 0 spiro atoms. The molecule has 2 N–H and O–H groups in total. The summed E-state index contributed by atoms with van der Waals surface area (Å²) in [6, 6.07) is 0.143. The third kappa shape index (κ3) is 5.35. The van der Waals surface area contributed by atoms with Gasteiger partial charge in [-0.2, -0.15) is 0 Å². The molecule has 1 aliphatic rings. The molecule has 5 nitrogen and oxygen atoms in total. The van der Waals surface area contributed by atoms with Crippen molar-refractivity contribution >= 4 is 15.7 Å². The van der Waals surface area contributed by atoms with Crippen LogP contribution < -0.4 is 10.6 Å². The molecule has 0 aromatic rings. The van der Waals surface area contributed by atoms with Gasteiger partial charge in [-0.05, 0) is 33.1 Å². The summed E-state index contributed by atoms with van der Waals surface area (Å²) in [6.07, 6.45) is 2.08. The van der Waals surface area contributed by atoms with E-state index in [-0.39, 0.29) is 35.5 Å². The van der Waals surface area contributed by atoms with Gasteiger partial charge in [0.1, 0.15) is 9.84 Å². The van der Waals surface area contributed by atoms with E-state index in [9.17, 15) is 13.2 Å². The molecule has 0 aromatic heterocycles. The number of hydrogen-bond acceptors (Lipinski definition) is 4. The zero-order valence-corrected chi connectivity index (χ0v) is 12.3. The first kappa shape index (κ1) is 15.4. The minimum absolute atomic E-state index is 0.0321. The van der Waals surface area contributed by atoms with Crippen LogP contribution in [-0.2, 0) is 14.6 Å². The van der Waals surface area contributed by atoms with Crippen LogP contribution in [0.4, 0.5) is 0 Å². The molecule has 0 saturated carbocycles. The van der Waals surface area contributed by atoms with Crippen molar-refractivity contribution in [1.82, 2.24) is 10.6 Å². The highest BCUT2D eigenvalue weighted by Crippen LogP contribution is 2.12. The highest BCUT2D eigenvalue weighted by molar-refractivity contribution is 7.91. The van der Waals surface area contributed by atoms with Gasteiger partial charge in [-0.25, -0.2) is 8.42 Å². The average Bonchev–Trinajstić information content (AvgIpc) is 2.27. The van der Waals surface area contributed by atoms with Crippen LogP contribution in [0.2, 0.25) is 0 Å². The van der Waals surface area contributed by atoms with Gasteiger partial charge in [-0.1, -0.05) is 6.92 Å². The van der Waals surface area contributed by atoms with Crippen molar-refractivity contribution in [3.8, 4) is 0 Å². The van der Waals surface area contributed by atoms with Gasteiger partial charge < -0.3 is 10.6 Å². The number of carbonyl (C=O) groups excluding carboxylic acids is 1. The van der Waals surface area contributed by atoms with Crippen LogP contribution in [0, 0.1) is 0 Å². The van der Waals surface area contributed by atoms with Crippen LogP contribution in [0.1, 0.15) is 40.0 Å². The normalized spacial score (nSPS) is 20.6. The molecule has 18 heavy (non-hydrogen) atoms. The molecule has 1 rings (SSSR count). The van der Waals surface area contributed by atoms with Crippen LogP contribution in [0.3, 0.4) is 0 Å². The second kappa shape index (κ2) is 6.02. The van der Waals surface area contributed by atoms with Gasteiger partial charge in [0, 0.05) is 11.6 Å². The van der Waals surface area contributed by atoms with E-state index in [4.69, 9.17) is 0 Å². The van der Waals surface area contributed by atoms with E-state index >= 15 is 0 Å². The van der Waals surface area contributed by atoms with E-state index in [0.717, 1.165) is 6.42 Å². The SMILES string of the molecule is CCC(C)(C)NC(=O)CNC1CCS(=O)(=O)CC1. The molecular weight excluding hydrogens is 252 g/mol. The Kier molecular flexibility index (Phi) is 5.16. The maximum Gasteiger partial charge on any atom is 0.234 e. The topological polar surface area (TPSA) is 75.3 Å². The Balaban J connectivity index is 2.28. The Morgan fingerprint density at radius 1 is 1.28 bits per heavy atom. The fourth-order valence-electron chi connectivity index (χ4n) is 1.84. The molecular formula is C12H24N2O3S. The number of rotatable bonds is 5. The van der Waals surface area contributed by atoms with Gasteiger partial charge in [0.15, 0.2) is 0 Å². The highest BCUT2D eigenvalue weighted by atomic mass is 32.2. The van der Waals surface area contributed by atoms with Gasteiger partial charge in [-0.3, -0.25) is 4.79 Å². The number of nitrogens with one attached hydrogen (secondary N) is 2. The Morgan fingerprint density at radius 3 is 2.33 bits per heavy atom. The minimum Gasteiger partial charge on any atom is -0.350 e. The summed E-state index contributed by atoms with van der Waals surface area (Å²) in [5.74, 6) is 0.426. The lowest BCUT2D eigenvalue weighted by Crippen LogP contribution is -2.49. The molecule has 1 aliphatic heterocycles. The molecule has 1 amide bonds. The molecule has 1 saturated heterocycles. The van der Waals surface area contributed by atoms with Crippen molar-refractivity contribution in [2.45, 2.75) is 51.6 Å².